The van der Waals surface area contributed by atoms with Gasteiger partial charge in [0.15, 0.2) is 0 Å². The maximum absolute atomic E-state index is 13.4. The number of carbonyl (C=O) groups is 2. The number of hydrogen-bond donors (Lipinski definition) is 2. The first-order valence-electron chi connectivity index (χ1n) is 8.78. The average molecular weight is 430 g/mol. The topological polar surface area (TPSA) is 114 Å². The molecule has 0 aliphatic rings. The molecule has 0 saturated heterocycles. The molecule has 2 amide bonds. The second-order valence-corrected chi connectivity index (χ2v) is 8.30. The summed E-state index contributed by atoms with van der Waals surface area (Å²) < 4.78 is 42.1. The number of halogens is 1. The van der Waals surface area contributed by atoms with Crippen molar-refractivity contribution < 1.29 is 22.4 Å². The Morgan fingerprint density at radius 3 is 2.40 bits per heavy atom. The van der Waals surface area contributed by atoms with Crippen LogP contribution >= 0.6 is 0 Å². The van der Waals surface area contributed by atoms with E-state index in [2.05, 4.69) is 5.32 Å². The first-order valence-corrected chi connectivity index (χ1v) is 10.2. The van der Waals surface area contributed by atoms with E-state index in [4.69, 9.17) is 5.73 Å². The highest BCUT2D eigenvalue weighted by Gasteiger charge is 2.29. The molecule has 0 bridgehead atoms. The molecule has 8 nitrogen and oxygen atoms in total. The Bertz CT molecular complexity index is 1190. The summed E-state index contributed by atoms with van der Waals surface area (Å²) >= 11 is 0. The molecule has 30 heavy (non-hydrogen) atoms. The summed E-state index contributed by atoms with van der Waals surface area (Å²) in [6, 6.07) is 14.4. The maximum atomic E-state index is 13.4. The fourth-order valence-corrected chi connectivity index (χ4v) is 4.35. The summed E-state index contributed by atoms with van der Waals surface area (Å²) in [4.78, 5) is 23.9. The third-order valence-corrected chi connectivity index (χ3v) is 6.00. The second-order valence-electron chi connectivity index (χ2n) is 6.44. The number of rotatable bonds is 7. The number of sulfonamides is 1. The summed E-state index contributed by atoms with van der Waals surface area (Å²) in [6.45, 7) is -0.566. The van der Waals surface area contributed by atoms with Crippen molar-refractivity contribution in [1.29, 1.82) is 0 Å². The number of anilines is 2. The van der Waals surface area contributed by atoms with E-state index in [0.717, 1.165) is 16.4 Å². The fraction of sp³-hybridized carbons (Fsp3) is 0.100. The maximum Gasteiger partial charge on any atom is 0.266 e. The van der Waals surface area contributed by atoms with Gasteiger partial charge in [0.1, 0.15) is 23.0 Å². The van der Waals surface area contributed by atoms with Crippen LogP contribution in [0.15, 0.2) is 71.8 Å². The Morgan fingerprint density at radius 2 is 1.80 bits per heavy atom. The smallest absolute Gasteiger partial charge is 0.266 e. The molecule has 0 fully saturated rings. The SMILES string of the molecule is Cn1cc(S(=O)(=O)N(CC(=O)Nc2cccc(F)c2)c2ccccc2)cc1C(N)=O. The van der Waals surface area contributed by atoms with Gasteiger partial charge in [-0.05, 0) is 36.4 Å². The van der Waals surface area contributed by atoms with Gasteiger partial charge < -0.3 is 15.6 Å². The lowest BCUT2D eigenvalue weighted by molar-refractivity contribution is -0.114. The van der Waals surface area contributed by atoms with E-state index >= 15 is 0 Å². The molecule has 0 radical (unpaired) electrons. The van der Waals surface area contributed by atoms with Crippen molar-refractivity contribution in [3.63, 3.8) is 0 Å². The summed E-state index contributed by atoms with van der Waals surface area (Å²) in [6.07, 6.45) is 1.25. The van der Waals surface area contributed by atoms with Crippen LogP contribution in [0.5, 0.6) is 0 Å². The summed E-state index contributed by atoms with van der Waals surface area (Å²) in [7, 11) is -2.73. The fourth-order valence-electron chi connectivity index (χ4n) is 2.85. The average Bonchev–Trinajstić information content (AvgIpc) is 3.09. The van der Waals surface area contributed by atoms with E-state index in [1.54, 1.807) is 18.2 Å². The lowest BCUT2D eigenvalue weighted by Gasteiger charge is -2.23. The van der Waals surface area contributed by atoms with Crippen LogP contribution in [-0.2, 0) is 21.9 Å². The normalized spacial score (nSPS) is 11.1. The van der Waals surface area contributed by atoms with Crippen LogP contribution in [0.4, 0.5) is 15.8 Å². The van der Waals surface area contributed by atoms with Crippen molar-refractivity contribution in [2.45, 2.75) is 4.90 Å². The summed E-state index contributed by atoms with van der Waals surface area (Å²) in [5.41, 5.74) is 5.72. The lowest BCUT2D eigenvalue weighted by atomic mass is 10.3. The molecule has 2 aromatic carbocycles. The molecule has 0 spiro atoms. The molecule has 3 rings (SSSR count). The number of benzene rings is 2. The molecule has 1 heterocycles. The van der Waals surface area contributed by atoms with Crippen LogP contribution < -0.4 is 15.4 Å². The van der Waals surface area contributed by atoms with Gasteiger partial charge in [0, 0.05) is 18.9 Å². The number of primary amides is 1. The minimum Gasteiger partial charge on any atom is -0.364 e. The van der Waals surface area contributed by atoms with Gasteiger partial charge in [-0.1, -0.05) is 24.3 Å². The van der Waals surface area contributed by atoms with E-state index in [0.29, 0.717) is 0 Å². The largest absolute Gasteiger partial charge is 0.364 e. The first kappa shape index (κ1) is 21.1. The van der Waals surface area contributed by atoms with Crippen LogP contribution in [0.1, 0.15) is 10.5 Å². The molecule has 0 aliphatic carbocycles. The zero-order valence-electron chi connectivity index (χ0n) is 15.9. The summed E-state index contributed by atoms with van der Waals surface area (Å²) in [5.74, 6) is -1.99. The first-order chi connectivity index (χ1) is 14.2. The Balaban J connectivity index is 1.96. The molecule has 0 unspecified atom stereocenters. The number of aromatic nitrogens is 1. The van der Waals surface area contributed by atoms with Crippen molar-refractivity contribution in [2.75, 3.05) is 16.2 Å². The Kier molecular flexibility index (Phi) is 5.88. The molecular formula is C20H19FN4O4S. The highest BCUT2D eigenvalue weighted by atomic mass is 32.2. The van der Waals surface area contributed by atoms with Gasteiger partial charge >= 0.3 is 0 Å². The quantitative estimate of drug-likeness (QED) is 0.597. The van der Waals surface area contributed by atoms with Gasteiger partial charge in [-0.2, -0.15) is 0 Å². The minimum absolute atomic E-state index is 0.00537. The predicted molar refractivity (Wildman–Crippen MR) is 110 cm³/mol. The third kappa shape index (κ3) is 4.49. The van der Waals surface area contributed by atoms with Crippen LogP contribution in [-0.4, -0.2) is 31.3 Å². The van der Waals surface area contributed by atoms with E-state index < -0.39 is 34.2 Å². The standard InChI is InChI=1S/C20H19FN4O4S/c1-24-12-17(11-18(24)20(22)27)30(28,29)25(16-8-3-2-4-9-16)13-19(26)23-15-7-5-6-14(21)10-15/h2-12H,13H2,1H3,(H2,22,27)(H,23,26). The number of nitrogens with one attached hydrogen (secondary N) is 1. The van der Waals surface area contributed by atoms with E-state index in [1.165, 1.54) is 48.1 Å². The highest BCUT2D eigenvalue weighted by Crippen LogP contribution is 2.25. The number of nitrogens with zero attached hydrogens (tertiary/aromatic N) is 2. The number of hydrogen-bond acceptors (Lipinski definition) is 4. The number of carbonyl (C=O) groups excluding carboxylic acids is 2. The predicted octanol–water partition coefficient (Wildman–Crippen LogP) is 2.10. The van der Waals surface area contributed by atoms with E-state index in [1.807, 2.05) is 0 Å². The zero-order chi connectivity index (χ0) is 21.9. The number of para-hydroxylation sites is 1. The molecule has 0 saturated carbocycles. The molecule has 1 aromatic heterocycles. The van der Waals surface area contributed by atoms with Crippen molar-refractivity contribution >= 4 is 33.2 Å². The van der Waals surface area contributed by atoms with Crippen LogP contribution in [0.25, 0.3) is 0 Å². The van der Waals surface area contributed by atoms with Gasteiger partial charge in [0.25, 0.3) is 15.9 Å². The van der Waals surface area contributed by atoms with Crippen molar-refractivity contribution in [3.05, 3.63) is 78.4 Å². The lowest BCUT2D eigenvalue weighted by Crippen LogP contribution is -2.38. The monoisotopic (exact) mass is 430 g/mol. The van der Waals surface area contributed by atoms with E-state index in [-0.39, 0.29) is 22.0 Å². The van der Waals surface area contributed by atoms with Crippen molar-refractivity contribution in [2.24, 2.45) is 12.8 Å². The Hall–Kier alpha value is -3.66. The van der Waals surface area contributed by atoms with Crippen LogP contribution in [0.3, 0.4) is 0 Å². The van der Waals surface area contributed by atoms with Gasteiger partial charge in [0.2, 0.25) is 5.91 Å². The molecule has 0 aliphatic heterocycles. The zero-order valence-corrected chi connectivity index (χ0v) is 16.8. The van der Waals surface area contributed by atoms with Gasteiger partial charge in [-0.3, -0.25) is 13.9 Å². The molecule has 10 heteroatoms. The van der Waals surface area contributed by atoms with Crippen molar-refractivity contribution in [1.82, 2.24) is 4.57 Å². The number of amides is 2. The Labute approximate surface area is 172 Å². The number of aryl methyl sites for hydroxylation is 1. The van der Waals surface area contributed by atoms with Crippen LogP contribution in [0, 0.1) is 5.82 Å². The molecule has 0 atom stereocenters. The van der Waals surface area contributed by atoms with Gasteiger partial charge in [0.05, 0.1) is 5.69 Å². The van der Waals surface area contributed by atoms with Gasteiger partial charge in [-0.15, -0.1) is 0 Å². The molecule has 156 valence electrons. The van der Waals surface area contributed by atoms with E-state index in [9.17, 15) is 22.4 Å². The molecular weight excluding hydrogens is 411 g/mol. The molecule has 3 aromatic rings. The van der Waals surface area contributed by atoms with Crippen LogP contribution in [0.2, 0.25) is 0 Å². The highest BCUT2D eigenvalue weighted by molar-refractivity contribution is 7.92. The van der Waals surface area contributed by atoms with Gasteiger partial charge in [-0.25, -0.2) is 12.8 Å². The number of nitrogens with two attached hydrogens (primary N) is 1. The summed E-state index contributed by atoms with van der Waals surface area (Å²) in [5, 5.41) is 2.48. The molecule has 3 N–H and O–H groups in total. The minimum atomic E-state index is -4.22. The van der Waals surface area contributed by atoms with Crippen molar-refractivity contribution in [3.8, 4) is 0 Å². The second kappa shape index (κ2) is 8.37. The Morgan fingerprint density at radius 1 is 1.10 bits per heavy atom. The third-order valence-electron chi connectivity index (χ3n) is 4.26.